The van der Waals surface area contributed by atoms with Crippen molar-refractivity contribution in [2.45, 2.75) is 25.2 Å². The van der Waals surface area contributed by atoms with Crippen molar-refractivity contribution in [1.82, 2.24) is 25.7 Å². The number of alkyl halides is 3. The van der Waals surface area contributed by atoms with E-state index >= 15 is 0 Å². The van der Waals surface area contributed by atoms with Crippen LogP contribution in [0.15, 0.2) is 33.8 Å². The van der Waals surface area contributed by atoms with E-state index in [0.29, 0.717) is 42.2 Å². The number of nitrogens with zero attached hydrogens (tertiary/aromatic N) is 4. The zero-order chi connectivity index (χ0) is 20.1. The van der Waals surface area contributed by atoms with Gasteiger partial charge in [0, 0.05) is 36.8 Å². The lowest BCUT2D eigenvalue weighted by molar-refractivity contribution is -0.143. The number of rotatable bonds is 5. The van der Waals surface area contributed by atoms with Gasteiger partial charge in [-0.15, -0.1) is 0 Å². The number of hydrogen-bond acceptors (Lipinski definition) is 5. The Morgan fingerprint density at radius 1 is 1.36 bits per heavy atom. The Hall–Kier alpha value is -2.33. The standard InChI is InChI=1S/C17H20ClF3N6O/c1-22-16(24-13-6-7-27(9-13)10-17(19,20)21)23-8-14-25-15(26-28-14)11-2-4-12(18)5-3-11/h2-5,13H,6-10H2,1H3,(H2,22,23,24). The SMILES string of the molecule is CN=C(NCc1nc(-c2ccc(Cl)cc2)no1)NC1CCN(CC(F)(F)F)C1. The Bertz CT molecular complexity index is 808. The molecule has 28 heavy (non-hydrogen) atoms. The van der Waals surface area contributed by atoms with Crippen molar-refractivity contribution in [2.75, 3.05) is 26.7 Å². The molecule has 2 aromatic rings. The summed E-state index contributed by atoms with van der Waals surface area (Å²) in [4.78, 5) is 9.77. The molecule has 11 heteroatoms. The molecule has 1 aliphatic rings. The first-order chi connectivity index (χ1) is 13.3. The van der Waals surface area contributed by atoms with Crippen molar-refractivity contribution in [2.24, 2.45) is 4.99 Å². The van der Waals surface area contributed by atoms with Gasteiger partial charge in [0.1, 0.15) is 0 Å². The Balaban J connectivity index is 1.49. The first-order valence-electron chi connectivity index (χ1n) is 8.67. The molecule has 0 radical (unpaired) electrons. The van der Waals surface area contributed by atoms with Crippen LogP contribution in [0.4, 0.5) is 13.2 Å². The number of halogens is 4. The molecule has 1 aromatic carbocycles. The van der Waals surface area contributed by atoms with E-state index < -0.39 is 12.7 Å². The monoisotopic (exact) mass is 416 g/mol. The summed E-state index contributed by atoms with van der Waals surface area (Å²) in [6.07, 6.45) is -3.58. The summed E-state index contributed by atoms with van der Waals surface area (Å²) in [5, 5.41) is 10.7. The first kappa shape index (κ1) is 20.4. The van der Waals surface area contributed by atoms with Crippen molar-refractivity contribution in [1.29, 1.82) is 0 Å². The third-order valence-electron chi connectivity index (χ3n) is 4.22. The van der Waals surface area contributed by atoms with Gasteiger partial charge in [0.15, 0.2) is 5.96 Å². The Morgan fingerprint density at radius 3 is 2.79 bits per heavy atom. The molecular formula is C17H20ClF3N6O. The topological polar surface area (TPSA) is 78.6 Å². The number of nitrogens with one attached hydrogen (secondary N) is 2. The van der Waals surface area contributed by atoms with Crippen LogP contribution in [-0.2, 0) is 6.54 Å². The Morgan fingerprint density at radius 2 is 2.11 bits per heavy atom. The molecule has 3 rings (SSSR count). The highest BCUT2D eigenvalue weighted by Gasteiger charge is 2.34. The maximum Gasteiger partial charge on any atom is 0.401 e. The van der Waals surface area contributed by atoms with Crippen LogP contribution in [0.3, 0.4) is 0 Å². The highest BCUT2D eigenvalue weighted by Crippen LogP contribution is 2.20. The second-order valence-electron chi connectivity index (χ2n) is 6.42. The molecule has 0 spiro atoms. The van der Waals surface area contributed by atoms with Gasteiger partial charge in [0.05, 0.1) is 13.1 Å². The highest BCUT2D eigenvalue weighted by molar-refractivity contribution is 6.30. The van der Waals surface area contributed by atoms with E-state index in [4.69, 9.17) is 16.1 Å². The van der Waals surface area contributed by atoms with Crippen LogP contribution in [0, 0.1) is 0 Å². The van der Waals surface area contributed by atoms with E-state index in [0.717, 1.165) is 5.56 Å². The summed E-state index contributed by atoms with van der Waals surface area (Å²) in [7, 11) is 1.59. The van der Waals surface area contributed by atoms with E-state index in [1.54, 1.807) is 31.3 Å². The molecule has 1 saturated heterocycles. The van der Waals surface area contributed by atoms with Crippen molar-refractivity contribution in [3.05, 3.63) is 35.2 Å². The number of aliphatic imine (C=N–C) groups is 1. The quantitative estimate of drug-likeness (QED) is 0.576. The van der Waals surface area contributed by atoms with E-state index in [1.165, 1.54) is 4.90 Å². The predicted octanol–water partition coefficient (Wildman–Crippen LogP) is 2.69. The largest absolute Gasteiger partial charge is 0.401 e. The second-order valence-corrected chi connectivity index (χ2v) is 6.86. The lowest BCUT2D eigenvalue weighted by atomic mass is 10.2. The van der Waals surface area contributed by atoms with Crippen LogP contribution < -0.4 is 10.6 Å². The van der Waals surface area contributed by atoms with Gasteiger partial charge >= 0.3 is 6.18 Å². The average molecular weight is 417 g/mol. The van der Waals surface area contributed by atoms with Crippen LogP contribution in [-0.4, -0.2) is 59.9 Å². The fourth-order valence-electron chi connectivity index (χ4n) is 2.94. The normalized spacial score (nSPS) is 18.5. The third kappa shape index (κ3) is 5.83. The number of likely N-dealkylation sites (tertiary alicyclic amines) is 1. The predicted molar refractivity (Wildman–Crippen MR) is 99.0 cm³/mol. The summed E-state index contributed by atoms with van der Waals surface area (Å²) in [5.74, 6) is 1.26. The molecule has 1 aromatic heterocycles. The van der Waals surface area contributed by atoms with Gasteiger partial charge in [-0.25, -0.2) is 0 Å². The minimum atomic E-state index is -4.19. The van der Waals surface area contributed by atoms with Crippen LogP contribution in [0.25, 0.3) is 11.4 Å². The molecule has 1 atom stereocenters. The van der Waals surface area contributed by atoms with Crippen LogP contribution >= 0.6 is 11.6 Å². The average Bonchev–Trinajstić information content (AvgIpc) is 3.27. The summed E-state index contributed by atoms with van der Waals surface area (Å²) in [6, 6.07) is 6.94. The molecule has 2 heterocycles. The first-order valence-corrected chi connectivity index (χ1v) is 9.05. The fourth-order valence-corrected chi connectivity index (χ4v) is 3.06. The Kier molecular flexibility index (Phi) is 6.40. The zero-order valence-corrected chi connectivity index (χ0v) is 15.9. The van der Waals surface area contributed by atoms with Crippen molar-refractivity contribution in [3.8, 4) is 11.4 Å². The summed E-state index contributed by atoms with van der Waals surface area (Å²) in [6.45, 7) is 0.0374. The smallest absolute Gasteiger partial charge is 0.352 e. The minimum absolute atomic E-state index is 0.110. The molecule has 2 N–H and O–H groups in total. The van der Waals surface area contributed by atoms with E-state index in [1.807, 2.05) is 0 Å². The van der Waals surface area contributed by atoms with Gasteiger partial charge in [-0.05, 0) is 30.7 Å². The van der Waals surface area contributed by atoms with Gasteiger partial charge in [-0.2, -0.15) is 18.2 Å². The molecule has 0 saturated carbocycles. The molecule has 0 bridgehead atoms. The van der Waals surface area contributed by atoms with Gasteiger partial charge in [0.2, 0.25) is 11.7 Å². The molecule has 1 unspecified atom stereocenters. The van der Waals surface area contributed by atoms with Gasteiger partial charge in [-0.3, -0.25) is 9.89 Å². The van der Waals surface area contributed by atoms with Gasteiger partial charge in [-0.1, -0.05) is 16.8 Å². The highest BCUT2D eigenvalue weighted by atomic mass is 35.5. The summed E-state index contributed by atoms with van der Waals surface area (Å²) >= 11 is 5.86. The van der Waals surface area contributed by atoms with E-state index in [-0.39, 0.29) is 12.6 Å². The molecule has 0 aliphatic carbocycles. The number of guanidine groups is 1. The van der Waals surface area contributed by atoms with Crippen molar-refractivity contribution >= 4 is 17.6 Å². The maximum atomic E-state index is 12.5. The fraction of sp³-hybridized carbons (Fsp3) is 0.471. The molecule has 152 valence electrons. The molecule has 1 aliphatic heterocycles. The Labute approximate surface area is 165 Å². The lowest BCUT2D eigenvalue weighted by Crippen LogP contribution is -2.44. The summed E-state index contributed by atoms with van der Waals surface area (Å²) in [5.41, 5.74) is 0.776. The lowest BCUT2D eigenvalue weighted by Gasteiger charge is -2.19. The van der Waals surface area contributed by atoms with Crippen molar-refractivity contribution in [3.63, 3.8) is 0 Å². The summed E-state index contributed by atoms with van der Waals surface area (Å²) < 4.78 is 42.7. The van der Waals surface area contributed by atoms with Crippen molar-refractivity contribution < 1.29 is 17.7 Å². The number of aromatic nitrogens is 2. The number of benzene rings is 1. The molecule has 1 fully saturated rings. The van der Waals surface area contributed by atoms with Gasteiger partial charge < -0.3 is 15.2 Å². The van der Waals surface area contributed by atoms with Crippen LogP contribution in [0.2, 0.25) is 5.02 Å². The van der Waals surface area contributed by atoms with E-state index in [9.17, 15) is 13.2 Å². The molecular weight excluding hydrogens is 397 g/mol. The zero-order valence-electron chi connectivity index (χ0n) is 15.1. The third-order valence-corrected chi connectivity index (χ3v) is 4.47. The van der Waals surface area contributed by atoms with E-state index in [2.05, 4.69) is 25.8 Å². The number of hydrogen-bond donors (Lipinski definition) is 2. The maximum absolute atomic E-state index is 12.5. The second kappa shape index (κ2) is 8.78. The van der Waals surface area contributed by atoms with Crippen LogP contribution in [0.1, 0.15) is 12.3 Å². The molecule has 7 nitrogen and oxygen atoms in total. The minimum Gasteiger partial charge on any atom is -0.352 e. The van der Waals surface area contributed by atoms with Gasteiger partial charge in [0.25, 0.3) is 0 Å². The van der Waals surface area contributed by atoms with Crippen LogP contribution in [0.5, 0.6) is 0 Å². The molecule has 0 amide bonds.